The quantitative estimate of drug-likeness (QED) is 0.439. The molecular formula is C18H29N3O2. The largest absolute Gasteiger partial charge is 0.375 e. The van der Waals surface area contributed by atoms with Gasteiger partial charge in [-0.25, -0.2) is 0 Å². The molecule has 5 nitrogen and oxygen atoms in total. The van der Waals surface area contributed by atoms with Crippen molar-refractivity contribution in [3.8, 4) is 0 Å². The van der Waals surface area contributed by atoms with Crippen LogP contribution in [-0.2, 0) is 16.1 Å². The maximum Gasteiger partial charge on any atom is 0.191 e. The van der Waals surface area contributed by atoms with Crippen molar-refractivity contribution in [2.75, 3.05) is 32.8 Å². The van der Waals surface area contributed by atoms with Gasteiger partial charge in [-0.05, 0) is 32.3 Å². The molecule has 1 aromatic carbocycles. The summed E-state index contributed by atoms with van der Waals surface area (Å²) in [5.74, 6) is 0.826. The van der Waals surface area contributed by atoms with Gasteiger partial charge in [0.05, 0.1) is 25.4 Å². The molecule has 128 valence electrons. The molecule has 2 N–H and O–H groups in total. The number of ether oxygens (including phenoxy) is 2. The Bertz CT molecular complexity index is 470. The number of hydrogen-bond acceptors (Lipinski definition) is 3. The maximum absolute atomic E-state index is 5.77. The van der Waals surface area contributed by atoms with Gasteiger partial charge in [0.25, 0.3) is 0 Å². The summed E-state index contributed by atoms with van der Waals surface area (Å²) in [5, 5.41) is 6.57. The van der Waals surface area contributed by atoms with E-state index in [1.165, 1.54) is 5.56 Å². The van der Waals surface area contributed by atoms with Gasteiger partial charge in [-0.15, -0.1) is 0 Å². The monoisotopic (exact) mass is 319 g/mol. The molecule has 1 unspecified atom stereocenters. The van der Waals surface area contributed by atoms with E-state index in [4.69, 9.17) is 9.47 Å². The second-order valence-electron chi connectivity index (χ2n) is 6.06. The second kappa shape index (κ2) is 9.53. The van der Waals surface area contributed by atoms with Crippen LogP contribution in [0.25, 0.3) is 0 Å². The van der Waals surface area contributed by atoms with E-state index in [9.17, 15) is 0 Å². The van der Waals surface area contributed by atoms with Gasteiger partial charge < -0.3 is 20.1 Å². The lowest BCUT2D eigenvalue weighted by molar-refractivity contribution is 0.0283. The predicted octanol–water partition coefficient (Wildman–Crippen LogP) is 2.33. The normalized spacial score (nSPS) is 21.4. The van der Waals surface area contributed by atoms with Crippen LogP contribution in [0.15, 0.2) is 35.3 Å². The third-order valence-corrected chi connectivity index (χ3v) is 3.87. The van der Waals surface area contributed by atoms with E-state index in [0.717, 1.165) is 38.5 Å². The van der Waals surface area contributed by atoms with Gasteiger partial charge in [-0.1, -0.05) is 30.3 Å². The molecule has 0 radical (unpaired) electrons. The lowest BCUT2D eigenvalue weighted by Crippen LogP contribution is -2.40. The summed E-state index contributed by atoms with van der Waals surface area (Å²) in [6, 6.07) is 10.2. The molecule has 1 heterocycles. The summed E-state index contributed by atoms with van der Waals surface area (Å²) < 4.78 is 11.4. The topological polar surface area (TPSA) is 54.9 Å². The molecule has 2 rings (SSSR count). The SMILES string of the molecule is CCNC(=NCC1(C)CCCO1)NCCOCc1ccccc1. The van der Waals surface area contributed by atoms with E-state index >= 15 is 0 Å². The molecule has 0 spiro atoms. The Balaban J connectivity index is 1.67. The summed E-state index contributed by atoms with van der Waals surface area (Å²) in [4.78, 5) is 4.64. The molecule has 0 aliphatic carbocycles. The van der Waals surface area contributed by atoms with Crippen LogP contribution >= 0.6 is 0 Å². The molecule has 1 fully saturated rings. The highest BCUT2D eigenvalue weighted by Crippen LogP contribution is 2.24. The van der Waals surface area contributed by atoms with Gasteiger partial charge in [-0.2, -0.15) is 0 Å². The Labute approximate surface area is 139 Å². The van der Waals surface area contributed by atoms with Gasteiger partial charge in [0.2, 0.25) is 0 Å². The molecule has 5 heteroatoms. The van der Waals surface area contributed by atoms with Crippen molar-refractivity contribution in [1.29, 1.82) is 0 Å². The number of nitrogens with zero attached hydrogens (tertiary/aromatic N) is 1. The van der Waals surface area contributed by atoms with Gasteiger partial charge in [0.1, 0.15) is 0 Å². The average Bonchev–Trinajstić information content (AvgIpc) is 3.00. The summed E-state index contributed by atoms with van der Waals surface area (Å²) in [6.45, 7) is 8.60. The maximum atomic E-state index is 5.77. The smallest absolute Gasteiger partial charge is 0.191 e. The van der Waals surface area contributed by atoms with Gasteiger partial charge in [0.15, 0.2) is 5.96 Å². The highest BCUT2D eigenvalue weighted by Gasteiger charge is 2.29. The standard InChI is InChI=1S/C18H29N3O2/c1-3-19-17(21-15-18(2)10-7-12-23-18)20-11-13-22-14-16-8-5-4-6-9-16/h4-6,8-9H,3,7,10-15H2,1-2H3,(H2,19,20,21). The second-order valence-corrected chi connectivity index (χ2v) is 6.06. The Morgan fingerprint density at radius 3 is 2.83 bits per heavy atom. The predicted molar refractivity (Wildman–Crippen MR) is 93.7 cm³/mol. The highest BCUT2D eigenvalue weighted by atomic mass is 16.5. The minimum Gasteiger partial charge on any atom is -0.375 e. The fourth-order valence-corrected chi connectivity index (χ4v) is 2.56. The average molecular weight is 319 g/mol. The number of aliphatic imine (C=N–C) groups is 1. The summed E-state index contributed by atoms with van der Waals surface area (Å²) in [5.41, 5.74) is 1.09. The van der Waals surface area contributed by atoms with Gasteiger partial charge >= 0.3 is 0 Å². The van der Waals surface area contributed by atoms with Crippen molar-refractivity contribution in [2.24, 2.45) is 4.99 Å². The molecule has 1 aliphatic rings. The van der Waals surface area contributed by atoms with Crippen LogP contribution in [0.5, 0.6) is 0 Å². The molecule has 0 aromatic heterocycles. The highest BCUT2D eigenvalue weighted by molar-refractivity contribution is 5.79. The molecule has 23 heavy (non-hydrogen) atoms. The van der Waals surface area contributed by atoms with Gasteiger partial charge in [-0.3, -0.25) is 4.99 Å². The van der Waals surface area contributed by atoms with Crippen LogP contribution in [0.3, 0.4) is 0 Å². The third kappa shape index (κ3) is 6.59. The van der Waals surface area contributed by atoms with Crippen LogP contribution in [0.4, 0.5) is 0 Å². The number of benzene rings is 1. The number of hydrogen-bond donors (Lipinski definition) is 2. The first-order valence-electron chi connectivity index (χ1n) is 8.50. The fraction of sp³-hybridized carbons (Fsp3) is 0.611. The molecule has 1 aromatic rings. The molecule has 1 atom stereocenters. The van der Waals surface area contributed by atoms with Crippen molar-refractivity contribution in [1.82, 2.24) is 10.6 Å². The van der Waals surface area contributed by atoms with Crippen LogP contribution in [0.1, 0.15) is 32.3 Å². The zero-order valence-corrected chi connectivity index (χ0v) is 14.3. The van der Waals surface area contributed by atoms with E-state index in [1.807, 2.05) is 18.2 Å². The van der Waals surface area contributed by atoms with Crippen LogP contribution in [0, 0.1) is 0 Å². The first-order chi connectivity index (χ1) is 11.2. The first-order valence-corrected chi connectivity index (χ1v) is 8.50. The minimum atomic E-state index is -0.105. The van der Waals surface area contributed by atoms with Crippen molar-refractivity contribution in [3.05, 3.63) is 35.9 Å². The molecule has 1 aliphatic heterocycles. The molecule has 0 bridgehead atoms. The zero-order valence-electron chi connectivity index (χ0n) is 14.3. The van der Waals surface area contributed by atoms with Crippen LogP contribution in [-0.4, -0.2) is 44.4 Å². The van der Waals surface area contributed by atoms with Crippen molar-refractivity contribution >= 4 is 5.96 Å². The summed E-state index contributed by atoms with van der Waals surface area (Å²) in [6.07, 6.45) is 2.21. The molecule has 1 saturated heterocycles. The Morgan fingerprint density at radius 2 is 2.13 bits per heavy atom. The van der Waals surface area contributed by atoms with E-state index in [2.05, 4.69) is 41.6 Å². The van der Waals surface area contributed by atoms with E-state index < -0.39 is 0 Å². The van der Waals surface area contributed by atoms with E-state index in [1.54, 1.807) is 0 Å². The third-order valence-electron chi connectivity index (χ3n) is 3.87. The lowest BCUT2D eigenvalue weighted by Gasteiger charge is -2.21. The number of guanidine groups is 1. The van der Waals surface area contributed by atoms with Crippen LogP contribution < -0.4 is 10.6 Å². The Morgan fingerprint density at radius 1 is 1.30 bits per heavy atom. The van der Waals surface area contributed by atoms with Gasteiger partial charge in [0, 0.05) is 19.7 Å². The van der Waals surface area contributed by atoms with Crippen molar-refractivity contribution < 1.29 is 9.47 Å². The fourth-order valence-electron chi connectivity index (χ4n) is 2.56. The zero-order chi connectivity index (χ0) is 16.4. The molecule has 0 saturated carbocycles. The van der Waals surface area contributed by atoms with Crippen molar-refractivity contribution in [3.63, 3.8) is 0 Å². The van der Waals surface area contributed by atoms with Crippen LogP contribution in [0.2, 0.25) is 0 Å². The molecule has 0 amide bonds. The van der Waals surface area contributed by atoms with Crippen molar-refractivity contribution in [2.45, 2.75) is 38.9 Å². The first kappa shape index (κ1) is 17.8. The summed E-state index contributed by atoms with van der Waals surface area (Å²) >= 11 is 0. The van der Waals surface area contributed by atoms with E-state index in [0.29, 0.717) is 19.8 Å². The molecular weight excluding hydrogens is 290 g/mol. The lowest BCUT2D eigenvalue weighted by atomic mass is 10.0. The number of nitrogens with one attached hydrogen (secondary N) is 2. The van der Waals surface area contributed by atoms with E-state index in [-0.39, 0.29) is 5.60 Å². The number of rotatable bonds is 8. The Hall–Kier alpha value is -1.59. The Kier molecular flexibility index (Phi) is 7.36. The summed E-state index contributed by atoms with van der Waals surface area (Å²) in [7, 11) is 0. The minimum absolute atomic E-state index is 0.105.